The second-order valence-electron chi connectivity index (χ2n) is 4.45. The van der Waals surface area contributed by atoms with E-state index >= 15 is 0 Å². The molecule has 0 fully saturated rings. The minimum Gasteiger partial charge on any atom is -0.494 e. The van der Waals surface area contributed by atoms with Crippen molar-refractivity contribution >= 4 is 11.6 Å². The van der Waals surface area contributed by atoms with Crippen LogP contribution in [-0.2, 0) is 4.79 Å². The molecule has 0 N–H and O–H groups in total. The van der Waals surface area contributed by atoms with Gasteiger partial charge in [0.25, 0.3) is 0 Å². The molecular formula is C14H22N2O2. The van der Waals surface area contributed by atoms with Crippen molar-refractivity contribution in [1.29, 1.82) is 0 Å². The van der Waals surface area contributed by atoms with Gasteiger partial charge >= 0.3 is 0 Å². The standard InChI is InChI=1S/C14H22N2O2/c1-6-18-13-9-7-12(8-10-13)16(5)11(2)14(17)15(3)4/h7-11H,6H2,1-5H3. The zero-order valence-corrected chi connectivity index (χ0v) is 11.8. The number of carbonyl (C=O) groups is 1. The van der Waals surface area contributed by atoms with Crippen molar-refractivity contribution in [3.05, 3.63) is 24.3 Å². The number of carbonyl (C=O) groups excluding carboxylic acids is 1. The smallest absolute Gasteiger partial charge is 0.244 e. The highest BCUT2D eigenvalue weighted by atomic mass is 16.5. The quantitative estimate of drug-likeness (QED) is 0.801. The van der Waals surface area contributed by atoms with Crippen LogP contribution in [0.2, 0.25) is 0 Å². The largest absolute Gasteiger partial charge is 0.494 e. The van der Waals surface area contributed by atoms with Gasteiger partial charge in [0.15, 0.2) is 0 Å². The molecule has 100 valence electrons. The van der Waals surface area contributed by atoms with Crippen LogP contribution in [0.5, 0.6) is 5.75 Å². The Kier molecular flexibility index (Phi) is 5.01. The third-order valence-corrected chi connectivity index (χ3v) is 2.93. The summed E-state index contributed by atoms with van der Waals surface area (Å²) in [6, 6.07) is 7.58. The first-order valence-electron chi connectivity index (χ1n) is 6.14. The molecule has 0 aliphatic heterocycles. The maximum absolute atomic E-state index is 11.9. The molecule has 0 saturated heterocycles. The van der Waals surface area contributed by atoms with E-state index in [2.05, 4.69) is 0 Å². The summed E-state index contributed by atoms with van der Waals surface area (Å²) in [5.41, 5.74) is 1.00. The highest BCUT2D eigenvalue weighted by Crippen LogP contribution is 2.20. The van der Waals surface area contributed by atoms with Crippen LogP contribution in [-0.4, -0.2) is 44.6 Å². The van der Waals surface area contributed by atoms with Crippen molar-refractivity contribution in [2.24, 2.45) is 0 Å². The van der Waals surface area contributed by atoms with Gasteiger partial charge in [-0.25, -0.2) is 0 Å². The Morgan fingerprint density at radius 1 is 1.22 bits per heavy atom. The normalized spacial score (nSPS) is 11.8. The average molecular weight is 250 g/mol. The number of benzene rings is 1. The van der Waals surface area contributed by atoms with Crippen molar-refractivity contribution in [3.63, 3.8) is 0 Å². The number of anilines is 1. The maximum atomic E-state index is 11.9. The molecule has 1 atom stereocenters. The lowest BCUT2D eigenvalue weighted by Gasteiger charge is -2.28. The number of ether oxygens (including phenoxy) is 1. The van der Waals surface area contributed by atoms with Crippen LogP contribution in [0.4, 0.5) is 5.69 Å². The van der Waals surface area contributed by atoms with Crippen LogP contribution in [0.3, 0.4) is 0 Å². The SMILES string of the molecule is CCOc1ccc(N(C)C(C)C(=O)N(C)C)cc1. The molecule has 1 amide bonds. The van der Waals surface area contributed by atoms with E-state index in [0.29, 0.717) is 6.61 Å². The van der Waals surface area contributed by atoms with E-state index in [-0.39, 0.29) is 11.9 Å². The van der Waals surface area contributed by atoms with Gasteiger partial charge in [0.1, 0.15) is 11.8 Å². The van der Waals surface area contributed by atoms with E-state index < -0.39 is 0 Å². The van der Waals surface area contributed by atoms with E-state index in [9.17, 15) is 4.79 Å². The summed E-state index contributed by atoms with van der Waals surface area (Å²) in [6.45, 7) is 4.52. The molecule has 18 heavy (non-hydrogen) atoms. The zero-order valence-electron chi connectivity index (χ0n) is 11.8. The summed E-state index contributed by atoms with van der Waals surface area (Å²) in [7, 11) is 5.46. The Morgan fingerprint density at radius 3 is 2.22 bits per heavy atom. The number of amides is 1. The fourth-order valence-electron chi connectivity index (χ4n) is 1.71. The van der Waals surface area contributed by atoms with Crippen molar-refractivity contribution in [1.82, 2.24) is 4.90 Å². The van der Waals surface area contributed by atoms with Crippen LogP contribution in [0.1, 0.15) is 13.8 Å². The fourth-order valence-corrected chi connectivity index (χ4v) is 1.71. The first-order chi connectivity index (χ1) is 8.47. The molecule has 4 nitrogen and oxygen atoms in total. The monoisotopic (exact) mass is 250 g/mol. The Bertz CT molecular complexity index is 387. The van der Waals surface area contributed by atoms with Gasteiger partial charge < -0.3 is 14.5 Å². The van der Waals surface area contributed by atoms with Crippen LogP contribution < -0.4 is 9.64 Å². The highest BCUT2D eigenvalue weighted by molar-refractivity contribution is 5.84. The van der Waals surface area contributed by atoms with Crippen molar-refractivity contribution < 1.29 is 9.53 Å². The number of likely N-dealkylation sites (N-methyl/N-ethyl adjacent to an activating group) is 2. The second-order valence-corrected chi connectivity index (χ2v) is 4.45. The number of hydrogen-bond donors (Lipinski definition) is 0. The lowest BCUT2D eigenvalue weighted by Crippen LogP contribution is -2.42. The predicted molar refractivity (Wildman–Crippen MR) is 74.2 cm³/mol. The summed E-state index contributed by atoms with van der Waals surface area (Å²) in [6.07, 6.45) is 0. The van der Waals surface area contributed by atoms with Crippen molar-refractivity contribution in [2.45, 2.75) is 19.9 Å². The molecule has 0 heterocycles. The van der Waals surface area contributed by atoms with Crippen LogP contribution in [0, 0.1) is 0 Å². The lowest BCUT2D eigenvalue weighted by molar-refractivity contribution is -0.129. The van der Waals surface area contributed by atoms with Gasteiger partial charge in [0, 0.05) is 26.8 Å². The van der Waals surface area contributed by atoms with Crippen molar-refractivity contribution in [3.8, 4) is 5.75 Å². The van der Waals surface area contributed by atoms with Gasteiger partial charge in [-0.1, -0.05) is 0 Å². The maximum Gasteiger partial charge on any atom is 0.244 e. The second kappa shape index (κ2) is 6.28. The first kappa shape index (κ1) is 14.4. The molecule has 0 bridgehead atoms. The molecule has 1 rings (SSSR count). The summed E-state index contributed by atoms with van der Waals surface area (Å²) < 4.78 is 5.39. The zero-order chi connectivity index (χ0) is 13.7. The van der Waals surface area contributed by atoms with Gasteiger partial charge in [-0.05, 0) is 38.1 Å². The van der Waals surface area contributed by atoms with E-state index in [0.717, 1.165) is 11.4 Å². The van der Waals surface area contributed by atoms with E-state index in [4.69, 9.17) is 4.74 Å². The fraction of sp³-hybridized carbons (Fsp3) is 0.500. The highest BCUT2D eigenvalue weighted by Gasteiger charge is 2.19. The molecule has 0 aliphatic carbocycles. The molecule has 0 radical (unpaired) electrons. The third kappa shape index (κ3) is 3.39. The van der Waals surface area contributed by atoms with E-state index in [1.165, 1.54) is 0 Å². The van der Waals surface area contributed by atoms with Crippen LogP contribution in [0.25, 0.3) is 0 Å². The molecule has 0 spiro atoms. The Hall–Kier alpha value is -1.71. The lowest BCUT2D eigenvalue weighted by atomic mass is 10.2. The van der Waals surface area contributed by atoms with Gasteiger partial charge in [0.05, 0.1) is 6.61 Å². The molecular weight excluding hydrogens is 228 g/mol. The summed E-state index contributed by atoms with van der Waals surface area (Å²) in [4.78, 5) is 15.4. The number of rotatable bonds is 5. The first-order valence-corrected chi connectivity index (χ1v) is 6.14. The Balaban J connectivity index is 2.77. The minimum atomic E-state index is -0.182. The van der Waals surface area contributed by atoms with Crippen LogP contribution >= 0.6 is 0 Å². The van der Waals surface area contributed by atoms with Crippen molar-refractivity contribution in [2.75, 3.05) is 32.6 Å². The van der Waals surface area contributed by atoms with E-state index in [1.54, 1.807) is 19.0 Å². The summed E-state index contributed by atoms with van der Waals surface area (Å²) in [5.74, 6) is 0.938. The number of hydrogen-bond acceptors (Lipinski definition) is 3. The van der Waals surface area contributed by atoms with Crippen LogP contribution in [0.15, 0.2) is 24.3 Å². The molecule has 1 aromatic carbocycles. The molecule has 4 heteroatoms. The molecule has 0 aliphatic rings. The summed E-state index contributed by atoms with van der Waals surface area (Å²) >= 11 is 0. The number of nitrogens with zero attached hydrogens (tertiary/aromatic N) is 2. The summed E-state index contributed by atoms with van der Waals surface area (Å²) in [5, 5.41) is 0. The average Bonchev–Trinajstić information content (AvgIpc) is 2.37. The van der Waals surface area contributed by atoms with Gasteiger partial charge in [-0.15, -0.1) is 0 Å². The third-order valence-electron chi connectivity index (χ3n) is 2.93. The molecule has 1 aromatic rings. The van der Waals surface area contributed by atoms with E-state index in [1.807, 2.05) is 50.1 Å². The predicted octanol–water partition coefficient (Wildman–Crippen LogP) is 2.00. The Labute approximate surface area is 109 Å². The molecule has 0 aromatic heterocycles. The van der Waals surface area contributed by atoms with Gasteiger partial charge in [0.2, 0.25) is 5.91 Å². The topological polar surface area (TPSA) is 32.8 Å². The van der Waals surface area contributed by atoms with Gasteiger partial charge in [-0.2, -0.15) is 0 Å². The molecule has 0 saturated carbocycles. The minimum absolute atomic E-state index is 0.0892. The Morgan fingerprint density at radius 2 is 1.78 bits per heavy atom. The molecule has 1 unspecified atom stereocenters. The van der Waals surface area contributed by atoms with Gasteiger partial charge in [-0.3, -0.25) is 4.79 Å².